The van der Waals surface area contributed by atoms with Crippen molar-refractivity contribution < 1.29 is 22.6 Å². The van der Waals surface area contributed by atoms with E-state index in [1.807, 2.05) is 18.2 Å². The highest BCUT2D eigenvalue weighted by molar-refractivity contribution is 5.65. The lowest BCUT2D eigenvalue weighted by atomic mass is 9.79. The maximum absolute atomic E-state index is 14.8. The summed E-state index contributed by atoms with van der Waals surface area (Å²) in [6.45, 7) is 4.83. The minimum absolute atomic E-state index is 0.0663. The van der Waals surface area contributed by atoms with Crippen molar-refractivity contribution in [2.24, 2.45) is 5.92 Å². The van der Waals surface area contributed by atoms with Crippen LogP contribution in [-0.4, -0.2) is 6.61 Å². The van der Waals surface area contributed by atoms with E-state index < -0.39 is 11.6 Å². The Morgan fingerprint density at radius 2 is 1.45 bits per heavy atom. The van der Waals surface area contributed by atoms with Crippen molar-refractivity contribution in [1.29, 1.82) is 0 Å². The highest BCUT2D eigenvalue weighted by Crippen LogP contribution is 2.37. The van der Waals surface area contributed by atoms with Crippen molar-refractivity contribution in [2.75, 3.05) is 6.61 Å². The summed E-state index contributed by atoms with van der Waals surface area (Å²) in [7, 11) is 0. The molecular weight excluding hydrogens is 485 g/mol. The van der Waals surface area contributed by atoms with Crippen LogP contribution in [0.1, 0.15) is 88.7 Å². The minimum atomic E-state index is -0.823. The molecule has 1 aliphatic carbocycles. The summed E-state index contributed by atoms with van der Waals surface area (Å²) in [6.07, 6.45) is 9.51. The summed E-state index contributed by atoms with van der Waals surface area (Å²) in [6, 6.07) is 15.5. The molecule has 3 aromatic rings. The normalized spacial score (nSPS) is 17.4. The predicted octanol–water partition coefficient (Wildman–Crippen LogP) is 9.99. The summed E-state index contributed by atoms with van der Waals surface area (Å²) in [5.74, 6) is -0.418. The SMILES string of the molecule is CCCCCCCOc1ccc(-c2ccc(OCc3ccc(C4CCC(C)CC4)c(F)c3F)cc2)cc1F. The second-order valence-electron chi connectivity index (χ2n) is 10.6. The summed E-state index contributed by atoms with van der Waals surface area (Å²) in [5.41, 5.74) is 2.23. The van der Waals surface area contributed by atoms with Gasteiger partial charge < -0.3 is 9.47 Å². The van der Waals surface area contributed by atoms with E-state index in [-0.39, 0.29) is 29.7 Å². The molecule has 38 heavy (non-hydrogen) atoms. The van der Waals surface area contributed by atoms with Crippen molar-refractivity contribution in [3.8, 4) is 22.6 Å². The second-order valence-corrected chi connectivity index (χ2v) is 10.6. The number of hydrogen-bond acceptors (Lipinski definition) is 2. The largest absolute Gasteiger partial charge is 0.491 e. The molecule has 0 heterocycles. The van der Waals surface area contributed by atoms with Gasteiger partial charge in [-0.05, 0) is 72.1 Å². The fourth-order valence-electron chi connectivity index (χ4n) is 5.19. The molecule has 2 nitrogen and oxygen atoms in total. The zero-order valence-electron chi connectivity index (χ0n) is 22.6. The molecular formula is C33H39F3O2. The van der Waals surface area contributed by atoms with Crippen LogP contribution in [-0.2, 0) is 6.61 Å². The Bertz CT molecular complexity index is 1170. The van der Waals surface area contributed by atoms with E-state index in [4.69, 9.17) is 9.47 Å². The van der Waals surface area contributed by atoms with Crippen molar-refractivity contribution in [1.82, 2.24) is 0 Å². The minimum Gasteiger partial charge on any atom is -0.491 e. The Morgan fingerprint density at radius 1 is 0.737 bits per heavy atom. The van der Waals surface area contributed by atoms with Gasteiger partial charge in [0.2, 0.25) is 0 Å². The Morgan fingerprint density at radius 3 is 2.16 bits per heavy atom. The van der Waals surface area contributed by atoms with Gasteiger partial charge in [0.15, 0.2) is 23.2 Å². The Hall–Kier alpha value is -2.95. The number of benzene rings is 3. The molecule has 1 saturated carbocycles. The molecule has 0 aromatic heterocycles. The maximum atomic E-state index is 14.8. The van der Waals surface area contributed by atoms with E-state index in [2.05, 4.69) is 13.8 Å². The standard InChI is InChI=1S/C33H39F3O2/c1-3-4-5-6-7-20-37-31-19-15-26(21-30(31)34)24-12-16-28(17-13-24)38-22-27-14-18-29(33(36)32(27)35)25-10-8-23(2)9-11-25/h12-19,21,23,25H,3-11,20,22H2,1-2H3. The number of halogens is 3. The Balaban J connectivity index is 1.31. The molecule has 204 valence electrons. The monoisotopic (exact) mass is 524 g/mol. The first-order chi connectivity index (χ1) is 18.5. The summed E-state index contributed by atoms with van der Waals surface area (Å²) in [4.78, 5) is 0. The zero-order chi connectivity index (χ0) is 26.9. The lowest BCUT2D eigenvalue weighted by Gasteiger charge is -2.27. The van der Waals surface area contributed by atoms with Crippen LogP contribution in [0.2, 0.25) is 0 Å². The van der Waals surface area contributed by atoms with Crippen LogP contribution in [0.4, 0.5) is 13.2 Å². The molecule has 0 spiro atoms. The second kappa shape index (κ2) is 13.7. The first kappa shape index (κ1) is 28.1. The highest BCUT2D eigenvalue weighted by atomic mass is 19.2. The fraction of sp³-hybridized carbons (Fsp3) is 0.455. The molecule has 5 heteroatoms. The van der Waals surface area contributed by atoms with Gasteiger partial charge in [0.05, 0.1) is 6.61 Å². The van der Waals surface area contributed by atoms with Crippen LogP contribution in [0, 0.1) is 23.4 Å². The first-order valence-corrected chi connectivity index (χ1v) is 14.1. The van der Waals surface area contributed by atoms with Gasteiger partial charge in [-0.2, -0.15) is 0 Å². The molecule has 1 aliphatic rings. The quantitative estimate of drug-likeness (QED) is 0.220. The summed E-state index contributed by atoms with van der Waals surface area (Å²) < 4.78 is 55.6. The first-order valence-electron chi connectivity index (χ1n) is 14.1. The topological polar surface area (TPSA) is 18.5 Å². The van der Waals surface area contributed by atoms with Crippen molar-refractivity contribution in [2.45, 2.75) is 84.2 Å². The van der Waals surface area contributed by atoms with E-state index in [1.165, 1.54) is 25.3 Å². The van der Waals surface area contributed by atoms with Crippen molar-refractivity contribution in [3.05, 3.63) is 83.2 Å². The van der Waals surface area contributed by atoms with Gasteiger partial charge in [0.25, 0.3) is 0 Å². The number of ether oxygens (including phenoxy) is 2. The highest BCUT2D eigenvalue weighted by Gasteiger charge is 2.24. The van der Waals surface area contributed by atoms with Gasteiger partial charge in [-0.3, -0.25) is 0 Å². The van der Waals surface area contributed by atoms with E-state index in [0.717, 1.165) is 49.7 Å². The third-order valence-electron chi connectivity index (χ3n) is 7.67. The Kier molecular flexibility index (Phi) is 10.1. The lowest BCUT2D eigenvalue weighted by molar-refractivity contribution is 0.290. The molecule has 0 atom stereocenters. The molecule has 0 radical (unpaired) electrons. The maximum Gasteiger partial charge on any atom is 0.165 e. The molecule has 0 N–H and O–H groups in total. The predicted molar refractivity (Wildman–Crippen MR) is 147 cm³/mol. The third kappa shape index (κ3) is 7.33. The van der Waals surface area contributed by atoms with Crippen LogP contribution in [0.15, 0.2) is 54.6 Å². The molecule has 0 unspecified atom stereocenters. The molecule has 0 bridgehead atoms. The van der Waals surface area contributed by atoms with E-state index >= 15 is 0 Å². The smallest absolute Gasteiger partial charge is 0.165 e. The Labute approximate surface area is 225 Å². The van der Waals surface area contributed by atoms with Gasteiger partial charge >= 0.3 is 0 Å². The van der Waals surface area contributed by atoms with Gasteiger partial charge in [-0.15, -0.1) is 0 Å². The van der Waals surface area contributed by atoms with Gasteiger partial charge in [-0.25, -0.2) is 13.2 Å². The van der Waals surface area contributed by atoms with Crippen LogP contribution < -0.4 is 9.47 Å². The lowest BCUT2D eigenvalue weighted by Crippen LogP contribution is -2.13. The van der Waals surface area contributed by atoms with Crippen LogP contribution in [0.25, 0.3) is 11.1 Å². The number of rotatable bonds is 12. The van der Waals surface area contributed by atoms with Gasteiger partial charge in [0, 0.05) is 5.56 Å². The third-order valence-corrected chi connectivity index (χ3v) is 7.67. The molecule has 3 aromatic carbocycles. The zero-order valence-corrected chi connectivity index (χ0v) is 22.6. The van der Waals surface area contributed by atoms with Gasteiger partial charge in [0.1, 0.15) is 12.4 Å². The number of unbranched alkanes of at least 4 members (excludes halogenated alkanes) is 4. The van der Waals surface area contributed by atoms with Crippen LogP contribution in [0.5, 0.6) is 11.5 Å². The molecule has 0 saturated heterocycles. The fourth-order valence-corrected chi connectivity index (χ4v) is 5.19. The van der Waals surface area contributed by atoms with Crippen molar-refractivity contribution in [3.63, 3.8) is 0 Å². The molecule has 0 amide bonds. The van der Waals surface area contributed by atoms with E-state index in [9.17, 15) is 13.2 Å². The van der Waals surface area contributed by atoms with Gasteiger partial charge in [-0.1, -0.05) is 82.7 Å². The van der Waals surface area contributed by atoms with E-state index in [0.29, 0.717) is 23.8 Å². The summed E-state index contributed by atoms with van der Waals surface area (Å²) >= 11 is 0. The molecule has 0 aliphatic heterocycles. The van der Waals surface area contributed by atoms with E-state index in [1.54, 1.807) is 30.3 Å². The average molecular weight is 525 g/mol. The van der Waals surface area contributed by atoms with Crippen molar-refractivity contribution >= 4 is 0 Å². The molecule has 4 rings (SSSR count). The summed E-state index contributed by atoms with van der Waals surface area (Å²) in [5, 5.41) is 0. The average Bonchev–Trinajstić information content (AvgIpc) is 2.93. The van der Waals surface area contributed by atoms with Crippen LogP contribution in [0.3, 0.4) is 0 Å². The van der Waals surface area contributed by atoms with Crippen LogP contribution >= 0.6 is 0 Å². The number of hydrogen-bond donors (Lipinski definition) is 0. The molecule has 1 fully saturated rings.